The molecule has 2 rings (SSSR count). The highest BCUT2D eigenvalue weighted by Gasteiger charge is 1.98. The molecule has 10 heavy (non-hydrogen) atoms. The Balaban J connectivity index is 2.50. The molecule has 0 radical (unpaired) electrons. The molecule has 1 aliphatic rings. The molecule has 0 atom stereocenters. The third-order valence-electron chi connectivity index (χ3n) is 1.73. The summed E-state index contributed by atoms with van der Waals surface area (Å²) in [7, 11) is 0. The minimum absolute atomic E-state index is 1.05. The van der Waals surface area contributed by atoms with Gasteiger partial charge in [-0.1, -0.05) is 24.3 Å². The van der Waals surface area contributed by atoms with Crippen LogP contribution in [-0.2, 0) is 6.42 Å². The average molecular weight is 131 g/mol. The van der Waals surface area contributed by atoms with Crippen LogP contribution in [0.2, 0.25) is 0 Å². The van der Waals surface area contributed by atoms with Crippen LogP contribution in [-0.4, -0.2) is 4.98 Å². The predicted molar refractivity (Wildman–Crippen MR) is 42.7 cm³/mol. The van der Waals surface area contributed by atoms with Crippen LogP contribution in [0.5, 0.6) is 0 Å². The Bertz CT molecular complexity index is 279. The maximum atomic E-state index is 3.08. The van der Waals surface area contributed by atoms with Crippen molar-refractivity contribution in [1.29, 1.82) is 0 Å². The van der Waals surface area contributed by atoms with Gasteiger partial charge in [0.05, 0.1) is 0 Å². The van der Waals surface area contributed by atoms with E-state index in [9.17, 15) is 0 Å². The van der Waals surface area contributed by atoms with Crippen LogP contribution in [0.4, 0.5) is 0 Å². The summed E-state index contributed by atoms with van der Waals surface area (Å²) in [5.74, 6) is 0. The number of hydrogen-bond acceptors (Lipinski definition) is 0. The van der Waals surface area contributed by atoms with Crippen LogP contribution < -0.4 is 0 Å². The Hall–Kier alpha value is -1.24. The number of H-pyrrole nitrogens is 1. The smallest absolute Gasteiger partial charge is 0.00811 e. The lowest BCUT2D eigenvalue weighted by Gasteiger charge is -1.88. The van der Waals surface area contributed by atoms with E-state index in [1.807, 2.05) is 6.20 Å². The zero-order valence-electron chi connectivity index (χ0n) is 5.67. The van der Waals surface area contributed by atoms with Gasteiger partial charge in [-0.25, -0.2) is 0 Å². The monoisotopic (exact) mass is 131 g/mol. The summed E-state index contributed by atoms with van der Waals surface area (Å²) in [6, 6.07) is 0. The first-order chi connectivity index (χ1) is 4.97. The SMILES string of the molecule is C1=CCc2c[nH]cc2C=C1. The molecule has 0 saturated carbocycles. The highest BCUT2D eigenvalue weighted by Crippen LogP contribution is 2.13. The average Bonchev–Trinajstić information content (AvgIpc) is 2.28. The zero-order valence-corrected chi connectivity index (χ0v) is 5.67. The van der Waals surface area contributed by atoms with Crippen LogP contribution in [0.25, 0.3) is 6.08 Å². The Kier molecular flexibility index (Phi) is 1.21. The zero-order chi connectivity index (χ0) is 6.81. The molecule has 0 aromatic carbocycles. The van der Waals surface area contributed by atoms with E-state index in [0.717, 1.165) is 6.42 Å². The molecule has 0 spiro atoms. The van der Waals surface area contributed by atoms with E-state index in [0.29, 0.717) is 0 Å². The van der Waals surface area contributed by atoms with Crippen molar-refractivity contribution in [2.75, 3.05) is 0 Å². The fourth-order valence-corrected chi connectivity index (χ4v) is 1.17. The standard InChI is InChI=1S/C9H9N/c1-2-4-8-6-10-7-9(8)5-3-1/h1-4,6-7,10H,5H2. The van der Waals surface area contributed by atoms with E-state index in [1.165, 1.54) is 11.1 Å². The van der Waals surface area contributed by atoms with E-state index >= 15 is 0 Å². The van der Waals surface area contributed by atoms with Gasteiger partial charge in [0.1, 0.15) is 0 Å². The minimum atomic E-state index is 1.05. The van der Waals surface area contributed by atoms with Crippen molar-refractivity contribution in [2.24, 2.45) is 0 Å². The number of rotatable bonds is 0. The molecule has 1 heterocycles. The molecule has 0 aliphatic heterocycles. The van der Waals surface area contributed by atoms with Crippen molar-refractivity contribution >= 4 is 6.08 Å². The van der Waals surface area contributed by atoms with Gasteiger partial charge in [-0.05, 0) is 17.5 Å². The molecular formula is C9H9N. The molecule has 50 valence electrons. The van der Waals surface area contributed by atoms with E-state index in [4.69, 9.17) is 0 Å². The number of aromatic nitrogens is 1. The number of fused-ring (bicyclic) bond motifs is 1. The molecule has 1 N–H and O–H groups in total. The van der Waals surface area contributed by atoms with Gasteiger partial charge in [0.2, 0.25) is 0 Å². The molecule has 1 heteroatoms. The van der Waals surface area contributed by atoms with Gasteiger partial charge in [0, 0.05) is 12.4 Å². The van der Waals surface area contributed by atoms with Crippen molar-refractivity contribution < 1.29 is 0 Å². The Morgan fingerprint density at radius 1 is 1.20 bits per heavy atom. The van der Waals surface area contributed by atoms with Gasteiger partial charge in [-0.3, -0.25) is 0 Å². The number of aromatic amines is 1. The number of hydrogen-bond donors (Lipinski definition) is 1. The van der Waals surface area contributed by atoms with E-state index < -0.39 is 0 Å². The molecule has 1 aromatic rings. The number of allylic oxidation sites excluding steroid dienone is 3. The molecule has 1 nitrogen and oxygen atoms in total. The highest BCUT2D eigenvalue weighted by molar-refractivity contribution is 5.56. The summed E-state index contributed by atoms with van der Waals surface area (Å²) >= 11 is 0. The third kappa shape index (κ3) is 0.798. The summed E-state index contributed by atoms with van der Waals surface area (Å²) in [6.07, 6.45) is 13.6. The second-order valence-electron chi connectivity index (χ2n) is 2.43. The van der Waals surface area contributed by atoms with Gasteiger partial charge in [-0.15, -0.1) is 0 Å². The predicted octanol–water partition coefficient (Wildman–Crippen LogP) is 2.14. The van der Waals surface area contributed by atoms with Gasteiger partial charge >= 0.3 is 0 Å². The lowest BCUT2D eigenvalue weighted by molar-refractivity contribution is 1.27. The summed E-state index contributed by atoms with van der Waals surface area (Å²) in [6.45, 7) is 0. The largest absolute Gasteiger partial charge is 0.367 e. The summed E-state index contributed by atoms with van der Waals surface area (Å²) in [4.78, 5) is 3.08. The van der Waals surface area contributed by atoms with Crippen LogP contribution in [0, 0.1) is 0 Å². The Morgan fingerprint density at radius 3 is 3.20 bits per heavy atom. The fraction of sp³-hybridized carbons (Fsp3) is 0.111. The first-order valence-electron chi connectivity index (χ1n) is 3.46. The normalized spacial score (nSPS) is 14.8. The fourth-order valence-electron chi connectivity index (χ4n) is 1.17. The van der Waals surface area contributed by atoms with Crippen LogP contribution in [0.1, 0.15) is 11.1 Å². The molecule has 0 unspecified atom stereocenters. The molecule has 0 bridgehead atoms. The Labute approximate surface area is 60.1 Å². The lowest BCUT2D eigenvalue weighted by Crippen LogP contribution is -1.76. The summed E-state index contributed by atoms with van der Waals surface area (Å²) in [5.41, 5.74) is 2.69. The van der Waals surface area contributed by atoms with E-state index in [2.05, 4.69) is 35.5 Å². The van der Waals surface area contributed by atoms with Crippen molar-refractivity contribution in [3.63, 3.8) is 0 Å². The number of nitrogens with one attached hydrogen (secondary N) is 1. The third-order valence-corrected chi connectivity index (χ3v) is 1.73. The minimum Gasteiger partial charge on any atom is -0.367 e. The second kappa shape index (κ2) is 2.18. The van der Waals surface area contributed by atoms with Crippen molar-refractivity contribution in [2.45, 2.75) is 6.42 Å². The summed E-state index contributed by atoms with van der Waals surface area (Å²) in [5, 5.41) is 0. The maximum Gasteiger partial charge on any atom is 0.00811 e. The van der Waals surface area contributed by atoms with E-state index in [1.54, 1.807) is 0 Å². The topological polar surface area (TPSA) is 15.8 Å². The quantitative estimate of drug-likeness (QED) is 0.555. The molecular weight excluding hydrogens is 122 g/mol. The van der Waals surface area contributed by atoms with Gasteiger partial charge in [0.25, 0.3) is 0 Å². The molecule has 1 aromatic heterocycles. The van der Waals surface area contributed by atoms with Crippen molar-refractivity contribution in [1.82, 2.24) is 4.98 Å². The van der Waals surface area contributed by atoms with Crippen LogP contribution in [0.3, 0.4) is 0 Å². The first-order valence-corrected chi connectivity index (χ1v) is 3.46. The van der Waals surface area contributed by atoms with Crippen molar-refractivity contribution in [3.8, 4) is 0 Å². The lowest BCUT2D eigenvalue weighted by atomic mass is 10.1. The van der Waals surface area contributed by atoms with E-state index in [-0.39, 0.29) is 0 Å². The Morgan fingerprint density at radius 2 is 2.20 bits per heavy atom. The molecule has 0 saturated heterocycles. The second-order valence-corrected chi connectivity index (χ2v) is 2.43. The van der Waals surface area contributed by atoms with Gasteiger partial charge in [0.15, 0.2) is 0 Å². The van der Waals surface area contributed by atoms with Crippen LogP contribution in [0.15, 0.2) is 30.6 Å². The molecule has 1 aliphatic carbocycles. The first kappa shape index (κ1) is 5.54. The van der Waals surface area contributed by atoms with Crippen LogP contribution >= 0.6 is 0 Å². The highest BCUT2D eigenvalue weighted by atomic mass is 14.6. The molecule has 0 fully saturated rings. The summed E-state index contributed by atoms with van der Waals surface area (Å²) < 4.78 is 0. The van der Waals surface area contributed by atoms with Crippen molar-refractivity contribution in [3.05, 3.63) is 41.7 Å². The van der Waals surface area contributed by atoms with Gasteiger partial charge < -0.3 is 4.98 Å². The van der Waals surface area contributed by atoms with Gasteiger partial charge in [-0.2, -0.15) is 0 Å². The maximum absolute atomic E-state index is 3.08. The molecule has 0 amide bonds.